The number of pyridine rings is 2. The van der Waals surface area contributed by atoms with Crippen molar-refractivity contribution in [3.63, 3.8) is 0 Å². The molecular weight excluding hydrogens is 614 g/mol. The summed E-state index contributed by atoms with van der Waals surface area (Å²) in [5.41, 5.74) is 6.10. The normalized spacial score (nSPS) is 15.3. The molecule has 0 saturated carbocycles. The number of rotatable bonds is 8. The van der Waals surface area contributed by atoms with Gasteiger partial charge in [0.15, 0.2) is 0 Å². The molecule has 1 fully saturated rings. The average molecular weight is 643 g/mol. The molecule has 2 aliphatic heterocycles. The van der Waals surface area contributed by atoms with Gasteiger partial charge in [-0.05, 0) is 61.7 Å². The minimum atomic E-state index is -0.875. The fraction of sp³-hybridized carbons (Fsp3) is 0.219. The number of ether oxygens (including phenoxy) is 1. The maximum absolute atomic E-state index is 12.9. The first-order chi connectivity index (χ1) is 20.7. The summed E-state index contributed by atoms with van der Waals surface area (Å²) >= 11 is 3.43. The smallest absolute Gasteiger partial charge is 0.303 e. The molecule has 3 N–H and O–H groups in total. The van der Waals surface area contributed by atoms with Crippen molar-refractivity contribution in [2.75, 3.05) is 22.1 Å². The average Bonchev–Trinajstić information content (AvgIpc) is 3.42. The highest BCUT2D eigenvalue weighted by molar-refractivity contribution is 9.10. The third-order valence-corrected chi connectivity index (χ3v) is 8.25. The molecule has 0 spiro atoms. The number of aromatic nitrogens is 2. The van der Waals surface area contributed by atoms with E-state index in [-0.39, 0.29) is 24.3 Å². The molecular formula is C32H28BrN5O5. The molecule has 218 valence electrons. The van der Waals surface area contributed by atoms with Gasteiger partial charge in [0.25, 0.3) is 5.91 Å². The standard InChI is InChI=1S/C32H28BrN5O5/c1-18-25-14-29(35-17-26(25)24-8-7-23(13-28(24)43-18)38-10-2-3-30(38)39)36-21-12-22(16-34-15-21)37-32(42)20-5-4-19(27(33)11-20)6-9-31(40)41/h4-5,7-8,11-18H,2-3,6,9-10H2,1H3,(H,35,36)(H,37,42)(H,40,41). The largest absolute Gasteiger partial charge is 0.485 e. The van der Waals surface area contributed by atoms with Gasteiger partial charge in [0.1, 0.15) is 17.7 Å². The summed E-state index contributed by atoms with van der Waals surface area (Å²) in [7, 11) is 0. The SMILES string of the molecule is CC1Oc2cc(N3CCCC3=O)ccc2-c2cnc(Nc3cncc(NC(=O)c4ccc(CCC(=O)O)c(Br)c4)c3)cc21. The maximum atomic E-state index is 12.9. The van der Waals surface area contributed by atoms with E-state index in [0.29, 0.717) is 40.1 Å². The number of anilines is 4. The highest BCUT2D eigenvalue weighted by Gasteiger charge is 2.27. The first-order valence-corrected chi connectivity index (χ1v) is 14.7. The van der Waals surface area contributed by atoms with Gasteiger partial charge < -0.3 is 25.4 Å². The predicted octanol–water partition coefficient (Wildman–Crippen LogP) is 6.50. The molecule has 6 rings (SSSR count). The van der Waals surface area contributed by atoms with Crippen LogP contribution in [0.5, 0.6) is 5.75 Å². The van der Waals surface area contributed by atoms with Crippen molar-refractivity contribution in [3.8, 4) is 16.9 Å². The van der Waals surface area contributed by atoms with Gasteiger partial charge in [0.2, 0.25) is 5.91 Å². The fourth-order valence-corrected chi connectivity index (χ4v) is 5.91. The van der Waals surface area contributed by atoms with E-state index in [0.717, 1.165) is 46.7 Å². The summed E-state index contributed by atoms with van der Waals surface area (Å²) < 4.78 is 6.94. The van der Waals surface area contributed by atoms with Gasteiger partial charge in [0.05, 0.1) is 23.8 Å². The van der Waals surface area contributed by atoms with Crippen molar-refractivity contribution in [1.82, 2.24) is 9.97 Å². The molecule has 4 heterocycles. The molecule has 2 aromatic heterocycles. The Morgan fingerprint density at radius 1 is 1.07 bits per heavy atom. The zero-order valence-electron chi connectivity index (χ0n) is 23.3. The Balaban J connectivity index is 1.16. The number of carbonyl (C=O) groups is 3. The highest BCUT2D eigenvalue weighted by Crippen LogP contribution is 2.44. The van der Waals surface area contributed by atoms with Crippen molar-refractivity contribution < 1.29 is 24.2 Å². The summed E-state index contributed by atoms with van der Waals surface area (Å²) in [5, 5.41) is 15.0. The van der Waals surface area contributed by atoms with E-state index < -0.39 is 5.97 Å². The molecule has 0 radical (unpaired) electrons. The predicted molar refractivity (Wildman–Crippen MR) is 166 cm³/mol. The number of carbonyl (C=O) groups excluding carboxylic acids is 2. The summed E-state index contributed by atoms with van der Waals surface area (Å²) in [5.74, 6) is 0.270. The van der Waals surface area contributed by atoms with Gasteiger partial charge in [-0.1, -0.05) is 22.0 Å². The number of aliphatic carboxylic acids is 1. The van der Waals surface area contributed by atoms with Crippen molar-refractivity contribution in [3.05, 3.63) is 88.3 Å². The molecule has 1 atom stereocenters. The van der Waals surface area contributed by atoms with E-state index >= 15 is 0 Å². The lowest BCUT2D eigenvalue weighted by Gasteiger charge is -2.28. The molecule has 11 heteroatoms. The van der Waals surface area contributed by atoms with Crippen LogP contribution in [0.15, 0.2) is 71.6 Å². The molecule has 10 nitrogen and oxygen atoms in total. The summed E-state index contributed by atoms with van der Waals surface area (Å²) in [6, 6.07) is 14.7. The van der Waals surface area contributed by atoms with Crippen LogP contribution in [0.3, 0.4) is 0 Å². The molecule has 43 heavy (non-hydrogen) atoms. The van der Waals surface area contributed by atoms with Crippen LogP contribution in [0.1, 0.15) is 53.8 Å². The topological polar surface area (TPSA) is 134 Å². The minimum Gasteiger partial charge on any atom is -0.485 e. The number of hydrogen-bond donors (Lipinski definition) is 3. The molecule has 4 aromatic rings. The van der Waals surface area contributed by atoms with E-state index in [1.54, 1.807) is 41.6 Å². The van der Waals surface area contributed by atoms with Crippen LogP contribution in [-0.4, -0.2) is 39.4 Å². The quantitative estimate of drug-likeness (QED) is 0.198. The van der Waals surface area contributed by atoms with E-state index in [4.69, 9.17) is 9.84 Å². The zero-order chi connectivity index (χ0) is 30.1. The Hall–Kier alpha value is -4.77. The lowest BCUT2D eigenvalue weighted by molar-refractivity contribution is -0.137. The number of carboxylic acids is 1. The number of halogens is 1. The molecule has 1 unspecified atom stereocenters. The van der Waals surface area contributed by atoms with E-state index in [1.807, 2.05) is 37.4 Å². The number of fused-ring (bicyclic) bond motifs is 3. The van der Waals surface area contributed by atoms with Crippen LogP contribution in [-0.2, 0) is 16.0 Å². The first-order valence-electron chi connectivity index (χ1n) is 13.9. The Bertz CT molecular complexity index is 1760. The Morgan fingerprint density at radius 2 is 1.91 bits per heavy atom. The van der Waals surface area contributed by atoms with Crippen LogP contribution in [0.25, 0.3) is 11.1 Å². The Morgan fingerprint density at radius 3 is 2.67 bits per heavy atom. The van der Waals surface area contributed by atoms with Crippen LogP contribution >= 0.6 is 15.9 Å². The lowest BCUT2D eigenvalue weighted by Crippen LogP contribution is -2.24. The number of nitrogens with zero attached hydrogens (tertiary/aromatic N) is 3. The van der Waals surface area contributed by atoms with Gasteiger partial charge >= 0.3 is 5.97 Å². The van der Waals surface area contributed by atoms with Gasteiger partial charge in [0, 0.05) is 64.1 Å². The monoisotopic (exact) mass is 641 g/mol. The van der Waals surface area contributed by atoms with E-state index in [1.165, 1.54) is 0 Å². The fourth-order valence-electron chi connectivity index (χ4n) is 5.34. The molecule has 2 amide bonds. The van der Waals surface area contributed by atoms with E-state index in [2.05, 4.69) is 36.5 Å². The number of aryl methyl sites for hydroxylation is 1. The van der Waals surface area contributed by atoms with Crippen LogP contribution in [0.4, 0.5) is 22.9 Å². The second-order valence-corrected chi connectivity index (χ2v) is 11.3. The first kappa shape index (κ1) is 28.4. The number of amides is 2. The van der Waals surface area contributed by atoms with Gasteiger partial charge in [-0.3, -0.25) is 19.4 Å². The highest BCUT2D eigenvalue weighted by atomic mass is 79.9. The minimum absolute atomic E-state index is 0.0107. The van der Waals surface area contributed by atoms with Crippen molar-refractivity contribution >= 4 is 56.6 Å². The van der Waals surface area contributed by atoms with Crippen molar-refractivity contribution in [2.45, 2.75) is 38.7 Å². The molecule has 1 saturated heterocycles. The number of carboxylic acid groups (broad SMARTS) is 1. The number of nitrogens with one attached hydrogen (secondary N) is 2. The Kier molecular flexibility index (Phi) is 7.81. The van der Waals surface area contributed by atoms with Crippen LogP contribution in [0.2, 0.25) is 0 Å². The van der Waals surface area contributed by atoms with Crippen molar-refractivity contribution in [2.24, 2.45) is 0 Å². The lowest BCUT2D eigenvalue weighted by atomic mass is 9.94. The third kappa shape index (κ3) is 6.07. The number of hydrogen-bond acceptors (Lipinski definition) is 7. The molecule has 0 bridgehead atoms. The van der Waals surface area contributed by atoms with Gasteiger partial charge in [-0.25, -0.2) is 4.98 Å². The van der Waals surface area contributed by atoms with Crippen molar-refractivity contribution in [1.29, 1.82) is 0 Å². The second kappa shape index (κ2) is 11.8. The molecule has 2 aromatic carbocycles. The molecule has 0 aliphatic carbocycles. The van der Waals surface area contributed by atoms with Crippen LogP contribution < -0.4 is 20.3 Å². The van der Waals surface area contributed by atoms with E-state index in [9.17, 15) is 14.4 Å². The van der Waals surface area contributed by atoms with Crippen LogP contribution in [0, 0.1) is 0 Å². The summed E-state index contributed by atoms with van der Waals surface area (Å²) in [4.78, 5) is 46.7. The summed E-state index contributed by atoms with van der Waals surface area (Å²) in [6.45, 7) is 2.70. The Labute approximate surface area is 256 Å². The third-order valence-electron chi connectivity index (χ3n) is 7.51. The summed E-state index contributed by atoms with van der Waals surface area (Å²) in [6.07, 6.45) is 6.59. The van der Waals surface area contributed by atoms with Gasteiger partial charge in [-0.15, -0.1) is 0 Å². The zero-order valence-corrected chi connectivity index (χ0v) is 24.8. The van der Waals surface area contributed by atoms with Gasteiger partial charge in [-0.2, -0.15) is 0 Å². The number of benzene rings is 2. The second-order valence-electron chi connectivity index (χ2n) is 10.5. The maximum Gasteiger partial charge on any atom is 0.303 e. The molecule has 2 aliphatic rings.